The highest BCUT2D eigenvalue weighted by Gasteiger charge is 2.22. The van der Waals surface area contributed by atoms with Gasteiger partial charge in [-0.15, -0.1) is 0 Å². The maximum Gasteiger partial charge on any atom is 0.222 e. The largest absolute Gasteiger partial charge is 0.497 e. The number of hydrogen-bond donors (Lipinski definition) is 0. The molecule has 0 aliphatic carbocycles. The molecule has 1 aromatic rings. The average molecular weight is 318 g/mol. The standard InChI is InChI=1S/C19H30N2O2/c1-4-19(22)20(2)14-17-6-5-12-21(15-17)13-11-16-7-9-18(23-3)10-8-16/h7-10,17H,4-6,11-15H2,1-3H3/t17-/m0/s1. The lowest BCUT2D eigenvalue weighted by Gasteiger charge is -2.34. The van der Waals surface area contributed by atoms with Crippen LogP contribution < -0.4 is 4.74 Å². The Bertz CT molecular complexity index is 487. The van der Waals surface area contributed by atoms with Crippen LogP contribution in [-0.4, -0.2) is 56.0 Å². The number of amides is 1. The Hall–Kier alpha value is -1.55. The third kappa shape index (κ3) is 5.54. The van der Waals surface area contributed by atoms with E-state index in [-0.39, 0.29) is 5.91 Å². The van der Waals surface area contributed by atoms with E-state index in [0.29, 0.717) is 12.3 Å². The zero-order valence-corrected chi connectivity index (χ0v) is 14.8. The summed E-state index contributed by atoms with van der Waals surface area (Å²) in [5, 5.41) is 0. The first-order chi connectivity index (χ1) is 11.1. The molecule has 1 fully saturated rings. The van der Waals surface area contributed by atoms with E-state index in [2.05, 4.69) is 17.0 Å². The van der Waals surface area contributed by atoms with Gasteiger partial charge in [0.25, 0.3) is 0 Å². The molecule has 0 saturated carbocycles. The highest BCUT2D eigenvalue weighted by Crippen LogP contribution is 2.18. The summed E-state index contributed by atoms with van der Waals surface area (Å²) in [6, 6.07) is 8.35. The molecule has 4 nitrogen and oxygen atoms in total. The Kier molecular flexibility index (Phi) is 6.90. The summed E-state index contributed by atoms with van der Waals surface area (Å²) in [5.41, 5.74) is 1.35. The lowest BCUT2D eigenvalue weighted by molar-refractivity contribution is -0.130. The van der Waals surface area contributed by atoms with Crippen LogP contribution in [0.1, 0.15) is 31.7 Å². The average Bonchev–Trinajstić information content (AvgIpc) is 2.60. The molecule has 0 aromatic heterocycles. The molecule has 0 radical (unpaired) electrons. The van der Waals surface area contributed by atoms with Crippen LogP contribution in [0.2, 0.25) is 0 Å². The van der Waals surface area contributed by atoms with E-state index < -0.39 is 0 Å². The first-order valence-corrected chi connectivity index (χ1v) is 8.71. The van der Waals surface area contributed by atoms with Crippen molar-refractivity contribution >= 4 is 5.91 Å². The lowest BCUT2D eigenvalue weighted by Crippen LogP contribution is -2.42. The van der Waals surface area contributed by atoms with Gasteiger partial charge in [-0.2, -0.15) is 0 Å². The zero-order chi connectivity index (χ0) is 16.7. The molecule has 1 heterocycles. The van der Waals surface area contributed by atoms with E-state index in [1.165, 1.54) is 24.9 Å². The molecule has 4 heteroatoms. The van der Waals surface area contributed by atoms with Crippen molar-refractivity contribution < 1.29 is 9.53 Å². The van der Waals surface area contributed by atoms with Crippen LogP contribution in [0.4, 0.5) is 0 Å². The van der Waals surface area contributed by atoms with Crippen molar-refractivity contribution in [1.29, 1.82) is 0 Å². The van der Waals surface area contributed by atoms with Crippen LogP contribution in [-0.2, 0) is 11.2 Å². The second kappa shape index (κ2) is 8.92. The van der Waals surface area contributed by atoms with E-state index in [9.17, 15) is 4.79 Å². The molecule has 0 spiro atoms. The van der Waals surface area contributed by atoms with Gasteiger partial charge in [-0.3, -0.25) is 4.79 Å². The summed E-state index contributed by atoms with van der Waals surface area (Å²) < 4.78 is 5.20. The molecular formula is C19H30N2O2. The van der Waals surface area contributed by atoms with E-state index in [1.807, 2.05) is 31.0 Å². The van der Waals surface area contributed by atoms with Crippen molar-refractivity contribution in [2.75, 3.05) is 40.3 Å². The van der Waals surface area contributed by atoms with E-state index in [0.717, 1.165) is 31.8 Å². The van der Waals surface area contributed by atoms with Crippen molar-refractivity contribution in [3.8, 4) is 5.75 Å². The fourth-order valence-corrected chi connectivity index (χ4v) is 3.34. The molecule has 1 aliphatic rings. The van der Waals surface area contributed by atoms with E-state index in [1.54, 1.807) is 7.11 Å². The molecule has 128 valence electrons. The number of nitrogens with zero attached hydrogens (tertiary/aromatic N) is 2. The Morgan fingerprint density at radius 2 is 2.09 bits per heavy atom. The topological polar surface area (TPSA) is 32.8 Å². The van der Waals surface area contributed by atoms with Gasteiger partial charge in [0.05, 0.1) is 7.11 Å². The summed E-state index contributed by atoms with van der Waals surface area (Å²) in [6.45, 7) is 6.20. The summed E-state index contributed by atoms with van der Waals surface area (Å²) in [5.74, 6) is 1.77. The smallest absolute Gasteiger partial charge is 0.222 e. The van der Waals surface area contributed by atoms with Crippen molar-refractivity contribution in [1.82, 2.24) is 9.80 Å². The minimum Gasteiger partial charge on any atom is -0.497 e. The molecule has 1 atom stereocenters. The first kappa shape index (κ1) is 17.8. The Morgan fingerprint density at radius 1 is 1.35 bits per heavy atom. The molecule has 1 aliphatic heterocycles. The van der Waals surface area contributed by atoms with Gasteiger partial charge in [-0.25, -0.2) is 0 Å². The second-order valence-corrected chi connectivity index (χ2v) is 6.53. The summed E-state index contributed by atoms with van der Waals surface area (Å²) in [7, 11) is 3.63. The molecule has 0 unspecified atom stereocenters. The second-order valence-electron chi connectivity index (χ2n) is 6.53. The molecular weight excluding hydrogens is 288 g/mol. The predicted molar refractivity (Wildman–Crippen MR) is 93.8 cm³/mol. The van der Waals surface area contributed by atoms with Crippen LogP contribution in [0.3, 0.4) is 0 Å². The number of rotatable bonds is 7. The number of likely N-dealkylation sites (tertiary alicyclic amines) is 1. The third-order valence-electron chi connectivity index (χ3n) is 4.74. The van der Waals surface area contributed by atoms with Gasteiger partial charge in [-0.1, -0.05) is 19.1 Å². The maximum atomic E-state index is 11.7. The summed E-state index contributed by atoms with van der Waals surface area (Å²) in [4.78, 5) is 16.2. The lowest BCUT2D eigenvalue weighted by atomic mass is 9.97. The predicted octanol–water partition coefficient (Wildman–Crippen LogP) is 2.82. The van der Waals surface area contributed by atoms with Gasteiger partial charge in [0.1, 0.15) is 5.75 Å². The fourth-order valence-electron chi connectivity index (χ4n) is 3.34. The van der Waals surface area contributed by atoms with Gasteiger partial charge in [-0.05, 0) is 49.4 Å². The maximum absolute atomic E-state index is 11.7. The molecule has 1 saturated heterocycles. The van der Waals surface area contributed by atoms with Crippen molar-refractivity contribution in [3.63, 3.8) is 0 Å². The zero-order valence-electron chi connectivity index (χ0n) is 14.8. The SMILES string of the molecule is CCC(=O)N(C)C[C@@H]1CCCN(CCc2ccc(OC)cc2)C1. The molecule has 1 aromatic carbocycles. The minimum atomic E-state index is 0.250. The van der Waals surface area contributed by atoms with Crippen LogP contribution in [0.5, 0.6) is 5.75 Å². The quantitative estimate of drug-likeness (QED) is 0.775. The van der Waals surface area contributed by atoms with Crippen LogP contribution >= 0.6 is 0 Å². The van der Waals surface area contributed by atoms with Gasteiger partial charge >= 0.3 is 0 Å². The molecule has 0 N–H and O–H groups in total. The number of hydrogen-bond acceptors (Lipinski definition) is 3. The van der Waals surface area contributed by atoms with Crippen molar-refractivity contribution in [3.05, 3.63) is 29.8 Å². The Labute approximate surface area is 140 Å². The van der Waals surface area contributed by atoms with Gasteiger partial charge in [0.15, 0.2) is 0 Å². The van der Waals surface area contributed by atoms with Crippen molar-refractivity contribution in [2.24, 2.45) is 5.92 Å². The van der Waals surface area contributed by atoms with Gasteiger partial charge < -0.3 is 14.5 Å². The number of carbonyl (C=O) groups is 1. The highest BCUT2D eigenvalue weighted by atomic mass is 16.5. The summed E-state index contributed by atoms with van der Waals surface area (Å²) in [6.07, 6.45) is 4.15. The van der Waals surface area contributed by atoms with Crippen molar-refractivity contribution in [2.45, 2.75) is 32.6 Å². The summed E-state index contributed by atoms with van der Waals surface area (Å²) >= 11 is 0. The Balaban J connectivity index is 1.78. The van der Waals surface area contributed by atoms with Crippen LogP contribution in [0.25, 0.3) is 0 Å². The van der Waals surface area contributed by atoms with Crippen LogP contribution in [0, 0.1) is 5.92 Å². The minimum absolute atomic E-state index is 0.250. The first-order valence-electron chi connectivity index (χ1n) is 8.71. The molecule has 2 rings (SSSR count). The molecule has 23 heavy (non-hydrogen) atoms. The number of carbonyl (C=O) groups excluding carboxylic acids is 1. The normalized spacial score (nSPS) is 18.7. The highest BCUT2D eigenvalue weighted by molar-refractivity contribution is 5.75. The number of methoxy groups -OCH3 is 1. The molecule has 1 amide bonds. The monoisotopic (exact) mass is 318 g/mol. The van der Waals surface area contributed by atoms with Gasteiger partial charge in [0, 0.05) is 33.1 Å². The number of piperidine rings is 1. The van der Waals surface area contributed by atoms with Crippen LogP contribution in [0.15, 0.2) is 24.3 Å². The third-order valence-corrected chi connectivity index (χ3v) is 4.74. The Morgan fingerprint density at radius 3 is 2.74 bits per heavy atom. The number of benzene rings is 1. The van der Waals surface area contributed by atoms with E-state index in [4.69, 9.17) is 4.74 Å². The molecule has 0 bridgehead atoms. The van der Waals surface area contributed by atoms with E-state index >= 15 is 0 Å². The number of ether oxygens (including phenoxy) is 1. The van der Waals surface area contributed by atoms with Gasteiger partial charge in [0.2, 0.25) is 5.91 Å². The fraction of sp³-hybridized carbons (Fsp3) is 0.632.